The van der Waals surface area contributed by atoms with E-state index in [0.717, 1.165) is 11.3 Å². The van der Waals surface area contributed by atoms with Gasteiger partial charge in [0.25, 0.3) is 0 Å². The van der Waals surface area contributed by atoms with Crippen molar-refractivity contribution in [3.8, 4) is 17.0 Å². The van der Waals surface area contributed by atoms with Crippen molar-refractivity contribution >= 4 is 17.5 Å². The molecule has 154 valence electrons. The Morgan fingerprint density at radius 3 is 2.70 bits per heavy atom. The van der Waals surface area contributed by atoms with E-state index in [1.165, 1.54) is 0 Å². The van der Waals surface area contributed by atoms with Crippen molar-refractivity contribution in [3.05, 3.63) is 76.2 Å². The number of primary amides is 1. The molecule has 4 N–H and O–H groups in total. The highest BCUT2D eigenvalue weighted by molar-refractivity contribution is 6.33. The Bertz CT molecular complexity index is 1120. The van der Waals surface area contributed by atoms with Crippen LogP contribution in [-0.2, 0) is 10.2 Å². The molecule has 0 saturated heterocycles. The van der Waals surface area contributed by atoms with E-state index in [1.807, 2.05) is 43.3 Å². The summed E-state index contributed by atoms with van der Waals surface area (Å²) in [6.45, 7) is 4.12. The first-order valence-corrected chi connectivity index (χ1v) is 10.1. The van der Waals surface area contributed by atoms with Gasteiger partial charge in [-0.05, 0) is 31.5 Å². The lowest BCUT2D eigenvalue weighted by Crippen LogP contribution is -2.39. The molecule has 3 aromatic rings. The Balaban J connectivity index is 1.99. The second kappa shape index (κ2) is 7.70. The predicted octanol–water partition coefficient (Wildman–Crippen LogP) is 3.33. The maximum Gasteiger partial charge on any atom is 0.231 e. The Hall–Kier alpha value is -2.96. The molecule has 4 rings (SSSR count). The number of aromatic nitrogens is 2. The number of pyridine rings is 2. The molecule has 0 radical (unpaired) electrons. The van der Waals surface area contributed by atoms with Gasteiger partial charge in [0.05, 0.1) is 16.4 Å². The minimum atomic E-state index is -0.966. The van der Waals surface area contributed by atoms with Crippen LogP contribution in [0.2, 0.25) is 5.02 Å². The molecule has 0 spiro atoms. The van der Waals surface area contributed by atoms with E-state index in [-0.39, 0.29) is 12.5 Å². The molecule has 0 aliphatic carbocycles. The van der Waals surface area contributed by atoms with Crippen molar-refractivity contribution in [2.24, 2.45) is 11.5 Å². The van der Waals surface area contributed by atoms with Crippen LogP contribution in [0.1, 0.15) is 35.4 Å². The molecule has 7 heteroatoms. The summed E-state index contributed by atoms with van der Waals surface area (Å²) < 4.78 is 5.96. The number of hydrogen-bond donors (Lipinski definition) is 2. The fraction of sp³-hybridized carbons (Fsp3) is 0.261. The van der Waals surface area contributed by atoms with Crippen LogP contribution in [-0.4, -0.2) is 29.0 Å². The normalized spacial score (nSPS) is 18.5. The van der Waals surface area contributed by atoms with Gasteiger partial charge in [0.1, 0.15) is 23.5 Å². The largest absolute Gasteiger partial charge is 0.489 e. The van der Waals surface area contributed by atoms with Crippen LogP contribution >= 0.6 is 11.6 Å². The predicted molar refractivity (Wildman–Crippen MR) is 117 cm³/mol. The highest BCUT2D eigenvalue weighted by Crippen LogP contribution is 2.46. The number of benzene rings is 1. The molecule has 1 aromatic carbocycles. The summed E-state index contributed by atoms with van der Waals surface area (Å²) in [6, 6.07) is 13.6. The first kappa shape index (κ1) is 20.3. The van der Waals surface area contributed by atoms with E-state index in [9.17, 15) is 4.79 Å². The smallest absolute Gasteiger partial charge is 0.231 e. The van der Waals surface area contributed by atoms with Gasteiger partial charge in [0.2, 0.25) is 5.91 Å². The lowest BCUT2D eigenvalue weighted by molar-refractivity contribution is -0.123. The maximum absolute atomic E-state index is 12.3. The van der Waals surface area contributed by atoms with Crippen LogP contribution in [0.5, 0.6) is 5.75 Å². The maximum atomic E-state index is 12.3. The van der Waals surface area contributed by atoms with Crippen LogP contribution in [0, 0.1) is 6.92 Å². The zero-order chi connectivity index (χ0) is 21.5. The summed E-state index contributed by atoms with van der Waals surface area (Å²) in [7, 11) is 0. The minimum absolute atomic E-state index is 0.149. The molecule has 1 amide bonds. The van der Waals surface area contributed by atoms with Gasteiger partial charge in [0, 0.05) is 29.8 Å². The third kappa shape index (κ3) is 3.22. The van der Waals surface area contributed by atoms with Crippen LogP contribution in [0.3, 0.4) is 0 Å². The fourth-order valence-corrected chi connectivity index (χ4v) is 4.01. The van der Waals surface area contributed by atoms with E-state index in [0.29, 0.717) is 39.8 Å². The quantitative estimate of drug-likeness (QED) is 0.656. The number of carbonyl (C=O) groups is 1. The third-order valence-electron chi connectivity index (χ3n) is 5.75. The van der Waals surface area contributed by atoms with Gasteiger partial charge in [-0.2, -0.15) is 0 Å². The third-order valence-corrected chi connectivity index (χ3v) is 6.23. The molecule has 0 fully saturated rings. The molecule has 1 aliphatic heterocycles. The highest BCUT2D eigenvalue weighted by Gasteiger charge is 2.44. The van der Waals surface area contributed by atoms with Crippen LogP contribution < -0.4 is 16.2 Å². The van der Waals surface area contributed by atoms with E-state index in [2.05, 4.69) is 4.98 Å². The molecule has 1 aliphatic rings. The van der Waals surface area contributed by atoms with E-state index >= 15 is 0 Å². The van der Waals surface area contributed by atoms with Gasteiger partial charge < -0.3 is 16.2 Å². The molecule has 2 aromatic heterocycles. The SMILES string of the molecule is Cc1nccc(-c2nc([C@@H](CN)c3ccccc3)cc3c2OC[C@]3(C)C(N)=O)c1Cl. The van der Waals surface area contributed by atoms with E-state index < -0.39 is 11.3 Å². The fourth-order valence-electron chi connectivity index (χ4n) is 3.81. The zero-order valence-electron chi connectivity index (χ0n) is 16.9. The van der Waals surface area contributed by atoms with Gasteiger partial charge in [-0.3, -0.25) is 9.78 Å². The van der Waals surface area contributed by atoms with Crippen molar-refractivity contribution in [3.63, 3.8) is 0 Å². The molecule has 6 nitrogen and oxygen atoms in total. The number of halogens is 1. The molecule has 0 bridgehead atoms. The van der Waals surface area contributed by atoms with Gasteiger partial charge in [-0.1, -0.05) is 41.9 Å². The topological polar surface area (TPSA) is 104 Å². The lowest BCUT2D eigenvalue weighted by atomic mass is 9.82. The average molecular weight is 423 g/mol. The number of ether oxygens (including phenoxy) is 1. The molecule has 2 atom stereocenters. The van der Waals surface area contributed by atoms with E-state index in [1.54, 1.807) is 19.2 Å². The Morgan fingerprint density at radius 2 is 2.03 bits per heavy atom. The minimum Gasteiger partial charge on any atom is -0.489 e. The molecular weight excluding hydrogens is 400 g/mol. The molecule has 0 saturated carbocycles. The van der Waals surface area contributed by atoms with Crippen molar-refractivity contribution in [2.45, 2.75) is 25.2 Å². The van der Waals surface area contributed by atoms with Crippen molar-refractivity contribution in [1.29, 1.82) is 0 Å². The Morgan fingerprint density at radius 1 is 1.30 bits per heavy atom. The van der Waals surface area contributed by atoms with Crippen LogP contribution in [0.15, 0.2) is 48.7 Å². The number of nitrogens with zero attached hydrogens (tertiary/aromatic N) is 2. The zero-order valence-corrected chi connectivity index (χ0v) is 17.6. The number of rotatable bonds is 5. The van der Waals surface area contributed by atoms with Gasteiger partial charge in [-0.15, -0.1) is 0 Å². The van der Waals surface area contributed by atoms with Crippen molar-refractivity contribution < 1.29 is 9.53 Å². The van der Waals surface area contributed by atoms with Crippen molar-refractivity contribution in [1.82, 2.24) is 9.97 Å². The van der Waals surface area contributed by atoms with E-state index in [4.69, 9.17) is 32.8 Å². The summed E-state index contributed by atoms with van der Waals surface area (Å²) in [5, 5.41) is 0.490. The highest BCUT2D eigenvalue weighted by atomic mass is 35.5. The lowest BCUT2D eigenvalue weighted by Gasteiger charge is -2.22. The van der Waals surface area contributed by atoms with Crippen molar-refractivity contribution in [2.75, 3.05) is 13.2 Å². The standard InChI is InChI=1S/C23H23ClN4O2/c1-13-19(24)15(8-9-27-13)20-21-17(23(2,12-30-21)22(26)29)10-18(28-20)16(11-25)14-6-4-3-5-7-14/h3-10,16H,11-12,25H2,1-2H3,(H2,26,29)/t16-,23-/m0/s1. The first-order chi connectivity index (χ1) is 14.4. The Kier molecular flexibility index (Phi) is 5.22. The number of hydrogen-bond acceptors (Lipinski definition) is 5. The number of carbonyl (C=O) groups excluding carboxylic acids is 1. The summed E-state index contributed by atoms with van der Waals surface area (Å²) >= 11 is 6.57. The molecule has 0 unspecified atom stereocenters. The Labute approximate surface area is 180 Å². The summed E-state index contributed by atoms with van der Waals surface area (Å²) in [5.74, 6) is -0.0866. The van der Waals surface area contributed by atoms with Crippen LogP contribution in [0.4, 0.5) is 0 Å². The summed E-state index contributed by atoms with van der Waals surface area (Å²) in [4.78, 5) is 21.5. The summed E-state index contributed by atoms with van der Waals surface area (Å²) in [5.41, 5.74) is 15.4. The first-order valence-electron chi connectivity index (χ1n) is 9.71. The monoisotopic (exact) mass is 422 g/mol. The molecule has 30 heavy (non-hydrogen) atoms. The second-order valence-electron chi connectivity index (χ2n) is 7.71. The second-order valence-corrected chi connectivity index (χ2v) is 8.09. The summed E-state index contributed by atoms with van der Waals surface area (Å²) in [6.07, 6.45) is 1.68. The average Bonchev–Trinajstić information content (AvgIpc) is 3.09. The van der Waals surface area contributed by atoms with Gasteiger partial charge in [0.15, 0.2) is 0 Å². The number of fused-ring (bicyclic) bond motifs is 1. The molecular formula is C23H23ClN4O2. The van der Waals surface area contributed by atoms with Gasteiger partial charge >= 0.3 is 0 Å². The molecule has 3 heterocycles. The van der Waals surface area contributed by atoms with Crippen LogP contribution in [0.25, 0.3) is 11.3 Å². The number of nitrogens with two attached hydrogens (primary N) is 2. The number of aryl methyl sites for hydroxylation is 1. The number of amides is 1. The van der Waals surface area contributed by atoms with Gasteiger partial charge in [-0.25, -0.2) is 4.98 Å².